The van der Waals surface area contributed by atoms with Crippen LogP contribution in [-0.2, 0) is 5.79 Å². The van der Waals surface area contributed by atoms with E-state index in [1.54, 1.807) is 43.3 Å². The first-order valence-electron chi connectivity index (χ1n) is 5.81. The molecule has 1 atom stereocenters. The average molecular weight is 244 g/mol. The van der Waals surface area contributed by atoms with Crippen LogP contribution in [0.15, 0.2) is 54.6 Å². The highest BCUT2D eigenvalue weighted by molar-refractivity contribution is 5.32. The number of phenols is 1. The molecule has 0 aromatic heterocycles. The van der Waals surface area contributed by atoms with Crippen LogP contribution in [0.1, 0.15) is 24.0 Å². The van der Waals surface area contributed by atoms with Crippen LogP contribution in [0.5, 0.6) is 5.75 Å². The van der Waals surface area contributed by atoms with Crippen LogP contribution >= 0.6 is 0 Å². The van der Waals surface area contributed by atoms with Crippen LogP contribution in [-0.4, -0.2) is 15.3 Å². The number of hydrogen-bond donors (Lipinski definition) is 3. The SMILES string of the molecule is CC(c1ccc(O)cc1)C(O)(O)c1ccccc1. The van der Waals surface area contributed by atoms with Gasteiger partial charge in [0.2, 0.25) is 0 Å². The first kappa shape index (κ1) is 12.6. The lowest BCUT2D eigenvalue weighted by Gasteiger charge is -2.29. The molecule has 0 bridgehead atoms. The first-order valence-corrected chi connectivity index (χ1v) is 5.81. The van der Waals surface area contributed by atoms with E-state index < -0.39 is 11.7 Å². The van der Waals surface area contributed by atoms with E-state index in [0.29, 0.717) is 5.56 Å². The van der Waals surface area contributed by atoms with Gasteiger partial charge in [0.15, 0.2) is 5.79 Å². The maximum Gasteiger partial charge on any atom is 0.196 e. The van der Waals surface area contributed by atoms with Gasteiger partial charge >= 0.3 is 0 Å². The highest BCUT2D eigenvalue weighted by atomic mass is 16.5. The number of hydrogen-bond acceptors (Lipinski definition) is 3. The molecule has 0 spiro atoms. The molecule has 0 aliphatic carbocycles. The summed E-state index contributed by atoms with van der Waals surface area (Å²) < 4.78 is 0. The van der Waals surface area contributed by atoms with Crippen molar-refractivity contribution in [2.24, 2.45) is 0 Å². The lowest BCUT2D eigenvalue weighted by molar-refractivity contribution is -0.185. The van der Waals surface area contributed by atoms with Gasteiger partial charge < -0.3 is 15.3 Å². The quantitative estimate of drug-likeness (QED) is 0.726. The molecular weight excluding hydrogens is 228 g/mol. The second-order valence-electron chi connectivity index (χ2n) is 4.41. The molecule has 0 saturated heterocycles. The van der Waals surface area contributed by atoms with E-state index in [1.165, 1.54) is 12.1 Å². The Balaban J connectivity index is 2.32. The molecule has 1 unspecified atom stereocenters. The number of rotatable bonds is 3. The summed E-state index contributed by atoms with van der Waals surface area (Å²) in [6, 6.07) is 15.1. The molecule has 0 radical (unpaired) electrons. The summed E-state index contributed by atoms with van der Waals surface area (Å²) in [6.45, 7) is 1.74. The van der Waals surface area contributed by atoms with Gasteiger partial charge in [0.25, 0.3) is 0 Å². The Morgan fingerprint density at radius 2 is 1.44 bits per heavy atom. The zero-order chi connectivity index (χ0) is 13.2. The molecule has 94 valence electrons. The number of aromatic hydroxyl groups is 1. The molecule has 0 heterocycles. The Kier molecular flexibility index (Phi) is 3.36. The van der Waals surface area contributed by atoms with Crippen LogP contribution in [0.2, 0.25) is 0 Å². The molecular formula is C15H16O3. The van der Waals surface area contributed by atoms with Gasteiger partial charge in [-0.05, 0) is 17.7 Å². The standard InChI is InChI=1S/C15H16O3/c1-11(12-7-9-14(16)10-8-12)15(17,18)13-5-3-2-4-6-13/h2-11,16-18H,1H3. The lowest BCUT2D eigenvalue weighted by atomic mass is 9.87. The van der Waals surface area contributed by atoms with Gasteiger partial charge in [-0.2, -0.15) is 0 Å². The van der Waals surface area contributed by atoms with E-state index in [-0.39, 0.29) is 5.75 Å². The Labute approximate surface area is 106 Å². The third-order valence-electron chi connectivity index (χ3n) is 3.20. The smallest absolute Gasteiger partial charge is 0.196 e. The van der Waals surface area contributed by atoms with Crippen molar-refractivity contribution in [3.8, 4) is 5.75 Å². The van der Waals surface area contributed by atoms with Crippen molar-refractivity contribution in [3.05, 3.63) is 65.7 Å². The fraction of sp³-hybridized carbons (Fsp3) is 0.200. The molecule has 3 heteroatoms. The molecule has 0 fully saturated rings. The predicted octanol–water partition coefficient (Wildman–Crippen LogP) is 2.33. The topological polar surface area (TPSA) is 60.7 Å². The second kappa shape index (κ2) is 4.80. The summed E-state index contributed by atoms with van der Waals surface area (Å²) in [6.07, 6.45) is 0. The van der Waals surface area contributed by atoms with Crippen LogP contribution in [0, 0.1) is 0 Å². The van der Waals surface area contributed by atoms with Gasteiger partial charge in [-0.1, -0.05) is 49.4 Å². The summed E-state index contributed by atoms with van der Waals surface area (Å²) in [5, 5.41) is 29.8. The van der Waals surface area contributed by atoms with Gasteiger partial charge in [-0.25, -0.2) is 0 Å². The van der Waals surface area contributed by atoms with E-state index in [4.69, 9.17) is 0 Å². The maximum atomic E-state index is 10.3. The molecule has 2 aromatic carbocycles. The Bertz CT molecular complexity index is 503. The molecule has 2 aromatic rings. The van der Waals surface area contributed by atoms with Crippen molar-refractivity contribution < 1.29 is 15.3 Å². The van der Waals surface area contributed by atoms with E-state index in [2.05, 4.69) is 0 Å². The van der Waals surface area contributed by atoms with Crippen molar-refractivity contribution in [2.75, 3.05) is 0 Å². The van der Waals surface area contributed by atoms with Crippen LogP contribution in [0.4, 0.5) is 0 Å². The zero-order valence-electron chi connectivity index (χ0n) is 10.1. The Morgan fingerprint density at radius 1 is 0.889 bits per heavy atom. The third kappa shape index (κ3) is 2.37. The number of benzene rings is 2. The molecule has 2 rings (SSSR count). The molecule has 0 saturated carbocycles. The molecule has 0 aliphatic heterocycles. The molecule has 0 aliphatic rings. The highest BCUT2D eigenvalue weighted by Crippen LogP contribution is 2.34. The minimum absolute atomic E-state index is 0.159. The van der Waals surface area contributed by atoms with Crippen LogP contribution < -0.4 is 0 Å². The third-order valence-corrected chi connectivity index (χ3v) is 3.20. The minimum Gasteiger partial charge on any atom is -0.508 e. The molecule has 18 heavy (non-hydrogen) atoms. The summed E-state index contributed by atoms with van der Waals surface area (Å²) >= 11 is 0. The van der Waals surface area contributed by atoms with Crippen molar-refractivity contribution >= 4 is 0 Å². The summed E-state index contributed by atoms with van der Waals surface area (Å²) in [5.74, 6) is -2.27. The van der Waals surface area contributed by atoms with Crippen LogP contribution in [0.3, 0.4) is 0 Å². The van der Waals surface area contributed by atoms with Gasteiger partial charge in [0.05, 0.1) is 0 Å². The fourth-order valence-electron chi connectivity index (χ4n) is 1.93. The van der Waals surface area contributed by atoms with E-state index in [1.807, 2.05) is 6.07 Å². The van der Waals surface area contributed by atoms with E-state index >= 15 is 0 Å². The summed E-state index contributed by atoms with van der Waals surface area (Å²) in [5.41, 5.74) is 1.20. The van der Waals surface area contributed by atoms with E-state index in [9.17, 15) is 15.3 Å². The number of aliphatic hydroxyl groups is 2. The Hall–Kier alpha value is -1.84. The van der Waals surface area contributed by atoms with E-state index in [0.717, 1.165) is 5.56 Å². The maximum absolute atomic E-state index is 10.3. The normalized spacial score (nSPS) is 13.3. The van der Waals surface area contributed by atoms with Gasteiger partial charge in [0.1, 0.15) is 5.75 Å². The highest BCUT2D eigenvalue weighted by Gasteiger charge is 2.33. The Morgan fingerprint density at radius 3 is 2.00 bits per heavy atom. The molecule has 0 amide bonds. The summed E-state index contributed by atoms with van der Waals surface area (Å²) in [7, 11) is 0. The van der Waals surface area contributed by atoms with Crippen molar-refractivity contribution in [3.63, 3.8) is 0 Å². The lowest BCUT2D eigenvalue weighted by Crippen LogP contribution is -2.31. The van der Waals surface area contributed by atoms with Gasteiger partial charge in [-0.3, -0.25) is 0 Å². The van der Waals surface area contributed by atoms with Crippen molar-refractivity contribution in [2.45, 2.75) is 18.6 Å². The average Bonchev–Trinajstić information content (AvgIpc) is 2.40. The van der Waals surface area contributed by atoms with Crippen molar-refractivity contribution in [1.29, 1.82) is 0 Å². The van der Waals surface area contributed by atoms with Gasteiger partial charge in [-0.15, -0.1) is 0 Å². The summed E-state index contributed by atoms with van der Waals surface area (Å²) in [4.78, 5) is 0. The second-order valence-corrected chi connectivity index (χ2v) is 4.41. The fourth-order valence-corrected chi connectivity index (χ4v) is 1.93. The van der Waals surface area contributed by atoms with Gasteiger partial charge in [0, 0.05) is 11.5 Å². The van der Waals surface area contributed by atoms with Crippen LogP contribution in [0.25, 0.3) is 0 Å². The number of phenolic OH excluding ortho intramolecular Hbond substituents is 1. The monoisotopic (exact) mass is 244 g/mol. The largest absolute Gasteiger partial charge is 0.508 e. The predicted molar refractivity (Wildman–Crippen MR) is 69.1 cm³/mol. The minimum atomic E-state index is -1.93. The first-order chi connectivity index (χ1) is 8.51. The molecule has 3 N–H and O–H groups in total. The molecule has 3 nitrogen and oxygen atoms in total. The van der Waals surface area contributed by atoms with Crippen molar-refractivity contribution in [1.82, 2.24) is 0 Å². The zero-order valence-corrected chi connectivity index (χ0v) is 10.1.